The van der Waals surface area contributed by atoms with E-state index in [0.717, 1.165) is 42.4 Å². The van der Waals surface area contributed by atoms with Gasteiger partial charge in [-0.25, -0.2) is 4.79 Å². The van der Waals surface area contributed by atoms with Crippen LogP contribution < -0.4 is 10.6 Å². The Morgan fingerprint density at radius 1 is 1.11 bits per heavy atom. The molecule has 0 aromatic heterocycles. The zero-order valence-electron chi connectivity index (χ0n) is 24.7. The molecule has 1 aliphatic carbocycles. The SMILES string of the molecule is CCC(C)N(C(=O)C(CCSC)NC(=O)OC(C)(C)C)C(C(=O)NC1CCCCC1)c1ccc(C)c(C)c1. The third-order valence-electron chi connectivity index (χ3n) is 7.24. The van der Waals surface area contributed by atoms with Crippen molar-refractivity contribution in [2.24, 2.45) is 0 Å². The van der Waals surface area contributed by atoms with E-state index < -0.39 is 23.8 Å². The maximum atomic E-state index is 14.3. The molecule has 1 aromatic carbocycles. The summed E-state index contributed by atoms with van der Waals surface area (Å²) in [6.07, 6.45) is 7.76. The number of amides is 3. The molecule has 0 bridgehead atoms. The van der Waals surface area contributed by atoms with Crippen LogP contribution in [0, 0.1) is 13.8 Å². The zero-order chi connectivity index (χ0) is 28.5. The van der Waals surface area contributed by atoms with E-state index >= 15 is 0 Å². The lowest BCUT2D eigenvalue weighted by Gasteiger charge is -2.39. The normalized spacial score (nSPS) is 16.7. The highest BCUT2D eigenvalue weighted by Crippen LogP contribution is 2.29. The molecule has 1 fully saturated rings. The molecule has 0 heterocycles. The van der Waals surface area contributed by atoms with Gasteiger partial charge in [0.05, 0.1) is 0 Å². The standard InChI is InChI=1S/C30H49N3O4S/c1-9-22(4)33(28(35)25(17-18-38-8)32-29(36)37-30(5,6)7)26(23-16-15-20(2)21(3)19-23)27(34)31-24-13-11-10-12-14-24/h15-16,19,22,24-26H,9-14,17-18H2,1-8H3,(H,31,34)(H,32,36). The summed E-state index contributed by atoms with van der Waals surface area (Å²) < 4.78 is 5.48. The van der Waals surface area contributed by atoms with E-state index in [1.807, 2.05) is 52.1 Å². The Kier molecular flexibility index (Phi) is 12.5. The molecule has 1 aliphatic rings. The highest BCUT2D eigenvalue weighted by Gasteiger charge is 2.39. The van der Waals surface area contributed by atoms with Gasteiger partial charge in [-0.2, -0.15) is 11.8 Å². The summed E-state index contributed by atoms with van der Waals surface area (Å²) in [5, 5.41) is 6.09. The topological polar surface area (TPSA) is 87.7 Å². The fourth-order valence-electron chi connectivity index (χ4n) is 4.82. The van der Waals surface area contributed by atoms with Crippen molar-refractivity contribution in [2.75, 3.05) is 12.0 Å². The largest absolute Gasteiger partial charge is 0.444 e. The summed E-state index contributed by atoms with van der Waals surface area (Å²) in [5.74, 6) is 0.263. The minimum atomic E-state index is -0.803. The number of ether oxygens (including phenoxy) is 1. The first-order chi connectivity index (χ1) is 17.9. The summed E-state index contributed by atoms with van der Waals surface area (Å²) in [4.78, 5) is 42.7. The number of nitrogens with one attached hydrogen (secondary N) is 2. The predicted molar refractivity (Wildman–Crippen MR) is 156 cm³/mol. The van der Waals surface area contributed by atoms with Crippen molar-refractivity contribution in [1.82, 2.24) is 15.5 Å². The van der Waals surface area contributed by atoms with Crippen LogP contribution in [0.25, 0.3) is 0 Å². The quantitative estimate of drug-likeness (QED) is 0.351. The van der Waals surface area contributed by atoms with Crippen molar-refractivity contribution in [1.29, 1.82) is 0 Å². The minimum Gasteiger partial charge on any atom is -0.444 e. The van der Waals surface area contributed by atoms with Crippen LogP contribution in [-0.2, 0) is 14.3 Å². The second-order valence-corrected chi connectivity index (χ2v) is 12.6. The number of hydrogen-bond donors (Lipinski definition) is 2. The highest BCUT2D eigenvalue weighted by molar-refractivity contribution is 7.98. The van der Waals surface area contributed by atoms with Gasteiger partial charge in [-0.3, -0.25) is 9.59 Å². The van der Waals surface area contributed by atoms with E-state index in [9.17, 15) is 14.4 Å². The fraction of sp³-hybridized carbons (Fsp3) is 0.700. The Bertz CT molecular complexity index is 940. The van der Waals surface area contributed by atoms with E-state index in [2.05, 4.69) is 10.6 Å². The molecule has 1 aromatic rings. The van der Waals surface area contributed by atoms with E-state index in [-0.39, 0.29) is 23.9 Å². The average molecular weight is 548 g/mol. The van der Waals surface area contributed by atoms with Crippen molar-refractivity contribution in [3.63, 3.8) is 0 Å². The lowest BCUT2D eigenvalue weighted by Crippen LogP contribution is -2.56. The minimum absolute atomic E-state index is 0.117. The van der Waals surface area contributed by atoms with Crippen LogP contribution in [-0.4, -0.2) is 58.5 Å². The number of benzene rings is 1. The van der Waals surface area contributed by atoms with Gasteiger partial charge in [0, 0.05) is 12.1 Å². The van der Waals surface area contributed by atoms with Crippen LogP contribution in [0.1, 0.15) is 102 Å². The van der Waals surface area contributed by atoms with E-state index in [1.165, 1.54) is 6.42 Å². The molecule has 3 amide bonds. The first-order valence-electron chi connectivity index (χ1n) is 14.1. The van der Waals surface area contributed by atoms with Gasteiger partial charge in [-0.1, -0.05) is 44.4 Å². The number of rotatable bonds is 11. The number of aryl methyl sites for hydroxylation is 2. The van der Waals surface area contributed by atoms with Crippen LogP contribution >= 0.6 is 11.8 Å². The molecular formula is C30H49N3O4S. The summed E-state index contributed by atoms with van der Waals surface area (Å²) in [6, 6.07) is 4.28. The molecular weight excluding hydrogens is 498 g/mol. The van der Waals surface area contributed by atoms with Crippen LogP contribution in [0.15, 0.2) is 18.2 Å². The lowest BCUT2D eigenvalue weighted by atomic mass is 9.93. The van der Waals surface area contributed by atoms with Gasteiger partial charge in [0.15, 0.2) is 0 Å². The second kappa shape index (κ2) is 14.8. The summed E-state index contributed by atoms with van der Waals surface area (Å²) in [7, 11) is 0. The smallest absolute Gasteiger partial charge is 0.408 e. The van der Waals surface area contributed by atoms with E-state index in [4.69, 9.17) is 4.74 Å². The van der Waals surface area contributed by atoms with E-state index in [0.29, 0.717) is 18.6 Å². The average Bonchev–Trinajstić information content (AvgIpc) is 2.85. The number of alkyl carbamates (subject to hydrolysis) is 1. The molecule has 1 saturated carbocycles. The molecule has 214 valence electrons. The van der Waals surface area contributed by atoms with Crippen molar-refractivity contribution < 1.29 is 19.1 Å². The molecule has 0 radical (unpaired) electrons. The third-order valence-corrected chi connectivity index (χ3v) is 7.89. The van der Waals surface area contributed by atoms with Crippen molar-refractivity contribution in [2.45, 2.75) is 123 Å². The molecule has 2 N–H and O–H groups in total. The lowest BCUT2D eigenvalue weighted by molar-refractivity contribution is -0.145. The number of nitrogens with zero attached hydrogens (tertiary/aromatic N) is 1. The molecule has 38 heavy (non-hydrogen) atoms. The number of carbonyl (C=O) groups is 3. The van der Waals surface area contributed by atoms with Gasteiger partial charge in [0.1, 0.15) is 17.7 Å². The summed E-state index contributed by atoms with van der Waals surface area (Å²) in [5.41, 5.74) is 2.30. The first kappa shape index (κ1) is 32.0. The monoisotopic (exact) mass is 547 g/mol. The highest BCUT2D eigenvalue weighted by atomic mass is 32.2. The summed E-state index contributed by atoms with van der Waals surface area (Å²) in [6.45, 7) is 13.4. The van der Waals surface area contributed by atoms with Gasteiger partial charge < -0.3 is 20.3 Å². The number of carbonyl (C=O) groups excluding carboxylic acids is 3. The predicted octanol–water partition coefficient (Wildman–Crippen LogP) is 6.07. The van der Waals surface area contributed by atoms with Crippen LogP contribution in [0.5, 0.6) is 0 Å². The van der Waals surface area contributed by atoms with Gasteiger partial charge >= 0.3 is 6.09 Å². The van der Waals surface area contributed by atoms with Gasteiger partial charge in [0.2, 0.25) is 11.8 Å². The van der Waals surface area contributed by atoms with E-state index in [1.54, 1.807) is 37.4 Å². The van der Waals surface area contributed by atoms with Crippen LogP contribution in [0.4, 0.5) is 4.79 Å². The molecule has 3 unspecified atom stereocenters. The molecule has 8 heteroatoms. The molecule has 0 saturated heterocycles. The Labute approximate surface area is 234 Å². The molecule has 0 spiro atoms. The molecule has 2 rings (SSSR count). The number of hydrogen-bond acceptors (Lipinski definition) is 5. The zero-order valence-corrected chi connectivity index (χ0v) is 25.5. The maximum Gasteiger partial charge on any atom is 0.408 e. The molecule has 0 aliphatic heterocycles. The maximum absolute atomic E-state index is 14.3. The van der Waals surface area contributed by atoms with Crippen molar-refractivity contribution in [3.05, 3.63) is 34.9 Å². The molecule has 3 atom stereocenters. The Morgan fingerprint density at radius 2 is 1.76 bits per heavy atom. The number of thioether (sulfide) groups is 1. The Hall–Kier alpha value is -2.22. The van der Waals surface area contributed by atoms with Gasteiger partial charge in [-0.15, -0.1) is 0 Å². The third kappa shape index (κ3) is 9.51. The van der Waals surface area contributed by atoms with Crippen LogP contribution in [0.2, 0.25) is 0 Å². The summed E-state index contributed by atoms with van der Waals surface area (Å²) >= 11 is 1.61. The van der Waals surface area contributed by atoms with Crippen molar-refractivity contribution in [3.8, 4) is 0 Å². The van der Waals surface area contributed by atoms with Crippen LogP contribution in [0.3, 0.4) is 0 Å². The van der Waals surface area contributed by atoms with Gasteiger partial charge in [0.25, 0.3) is 0 Å². The Balaban J connectivity index is 2.50. The van der Waals surface area contributed by atoms with Crippen molar-refractivity contribution >= 4 is 29.7 Å². The van der Waals surface area contributed by atoms with Gasteiger partial charge in [-0.05, 0) is 95.9 Å². The molecule has 7 nitrogen and oxygen atoms in total. The first-order valence-corrected chi connectivity index (χ1v) is 15.5. The fourth-order valence-corrected chi connectivity index (χ4v) is 5.29. The Morgan fingerprint density at radius 3 is 2.32 bits per heavy atom. The second-order valence-electron chi connectivity index (χ2n) is 11.6.